The molecule has 212 valence electrons. The Bertz CT molecular complexity index is 648. The van der Waals surface area contributed by atoms with Crippen LogP contribution in [-0.4, -0.2) is 75.4 Å². The second kappa shape index (κ2) is 15.9. The van der Waals surface area contributed by atoms with Gasteiger partial charge in [-0.15, -0.1) is 0 Å². The molecular weight excluding hydrogens is 462 g/mol. The van der Waals surface area contributed by atoms with Gasteiger partial charge >= 0.3 is 5.97 Å². The van der Waals surface area contributed by atoms with Gasteiger partial charge in [-0.05, 0) is 90.4 Å². The number of carbonyl (C=O) groups is 2. The van der Waals surface area contributed by atoms with E-state index in [2.05, 4.69) is 13.8 Å². The molecule has 3 N–H and O–H groups in total. The Kier molecular flexibility index (Phi) is 14.5. The van der Waals surface area contributed by atoms with Crippen LogP contribution in [-0.2, 0) is 19.1 Å². The van der Waals surface area contributed by atoms with Gasteiger partial charge in [0, 0.05) is 12.6 Å². The van der Waals surface area contributed by atoms with Crippen molar-refractivity contribution in [3.8, 4) is 0 Å². The Morgan fingerprint density at radius 3 is 2.25 bits per heavy atom. The number of aliphatic hydroxyl groups is 3. The van der Waals surface area contributed by atoms with E-state index < -0.39 is 24.6 Å². The van der Waals surface area contributed by atoms with Crippen LogP contribution in [0.4, 0.5) is 0 Å². The predicted molar refractivity (Wildman–Crippen MR) is 140 cm³/mol. The lowest BCUT2D eigenvalue weighted by Crippen LogP contribution is -2.50. The standard InChI is InChI=1S/C22H41NO5.C6H12O2/c1-7-19-22(6,27)13-18(5)23(20(25)14-24)10-8-9-15(2)11-16(3)12-17(4)21(26)28-19;1-5-3-2-4-6(7)8-5/h15-19,24,27H,7-14H2,1-6H3;5-7H,2-4H2,1H3/t15?,16?,17?,18-,19?,22+;/m1./s1. The third kappa shape index (κ3) is 11.4. The number of esters is 1. The second-order valence-electron chi connectivity index (χ2n) is 11.5. The number of nitrogens with zero attached hydrogens (tertiary/aromatic N) is 1. The van der Waals surface area contributed by atoms with Crippen molar-refractivity contribution in [2.75, 3.05) is 13.2 Å². The summed E-state index contributed by atoms with van der Waals surface area (Å²) in [4.78, 5) is 26.5. The lowest BCUT2D eigenvalue weighted by Gasteiger charge is -2.38. The van der Waals surface area contributed by atoms with E-state index in [4.69, 9.17) is 14.6 Å². The molecule has 2 saturated heterocycles. The number of rotatable bonds is 2. The minimum Gasteiger partial charge on any atom is -0.459 e. The highest BCUT2D eigenvalue weighted by Crippen LogP contribution is 2.29. The number of carbonyl (C=O) groups excluding carboxylic acids is 2. The maximum Gasteiger partial charge on any atom is 0.309 e. The highest BCUT2D eigenvalue weighted by molar-refractivity contribution is 5.77. The van der Waals surface area contributed by atoms with Crippen molar-refractivity contribution < 1.29 is 34.4 Å². The number of cyclic esters (lactones) is 1. The molecule has 0 radical (unpaired) electrons. The quantitative estimate of drug-likeness (QED) is 0.475. The van der Waals surface area contributed by atoms with Gasteiger partial charge in [-0.25, -0.2) is 0 Å². The van der Waals surface area contributed by atoms with Crippen molar-refractivity contribution >= 4 is 11.9 Å². The largest absolute Gasteiger partial charge is 0.459 e. The van der Waals surface area contributed by atoms with Crippen molar-refractivity contribution in [3.05, 3.63) is 0 Å². The van der Waals surface area contributed by atoms with E-state index in [0.29, 0.717) is 24.8 Å². The van der Waals surface area contributed by atoms with Crippen LogP contribution >= 0.6 is 0 Å². The molecule has 6 unspecified atom stereocenters. The first kappa shape index (κ1) is 32.8. The van der Waals surface area contributed by atoms with Crippen LogP contribution in [0.1, 0.15) is 106 Å². The minimum atomic E-state index is -1.25. The Labute approximate surface area is 218 Å². The molecule has 2 rings (SSSR count). The average molecular weight is 516 g/mol. The molecule has 36 heavy (non-hydrogen) atoms. The first-order valence-corrected chi connectivity index (χ1v) is 14.0. The van der Waals surface area contributed by atoms with Gasteiger partial charge < -0.3 is 29.7 Å². The highest BCUT2D eigenvalue weighted by atomic mass is 16.6. The van der Waals surface area contributed by atoms with Crippen LogP contribution in [0.3, 0.4) is 0 Å². The van der Waals surface area contributed by atoms with Gasteiger partial charge in [0.25, 0.3) is 0 Å². The molecule has 8 heteroatoms. The molecule has 8 nitrogen and oxygen atoms in total. The molecule has 8 atom stereocenters. The fourth-order valence-electron chi connectivity index (χ4n) is 5.62. The molecule has 0 aromatic heterocycles. The van der Waals surface area contributed by atoms with E-state index >= 15 is 0 Å². The smallest absolute Gasteiger partial charge is 0.309 e. The average Bonchev–Trinajstić information content (AvgIpc) is 2.78. The summed E-state index contributed by atoms with van der Waals surface area (Å²) in [6.07, 6.45) is 6.57. The number of amides is 1. The molecule has 0 bridgehead atoms. The molecule has 1 amide bonds. The molecule has 0 aliphatic carbocycles. The van der Waals surface area contributed by atoms with Crippen LogP contribution in [0, 0.1) is 17.8 Å². The van der Waals surface area contributed by atoms with Crippen LogP contribution in [0.25, 0.3) is 0 Å². The number of hydrogen-bond donors (Lipinski definition) is 3. The first-order chi connectivity index (χ1) is 16.8. The number of hydrogen-bond acceptors (Lipinski definition) is 7. The number of aliphatic hydroxyl groups excluding tert-OH is 2. The second-order valence-corrected chi connectivity index (χ2v) is 11.5. The third-order valence-corrected chi connectivity index (χ3v) is 7.53. The molecule has 0 spiro atoms. The lowest BCUT2D eigenvalue weighted by molar-refractivity contribution is -0.171. The van der Waals surface area contributed by atoms with Gasteiger partial charge in [-0.1, -0.05) is 27.7 Å². The normalized spacial score (nSPS) is 37.6. The van der Waals surface area contributed by atoms with Gasteiger partial charge in [0.2, 0.25) is 5.91 Å². The molecule has 2 aliphatic rings. The summed E-state index contributed by atoms with van der Waals surface area (Å²) in [7, 11) is 0. The van der Waals surface area contributed by atoms with E-state index in [0.717, 1.165) is 44.9 Å². The van der Waals surface area contributed by atoms with E-state index in [1.165, 1.54) is 0 Å². The van der Waals surface area contributed by atoms with Crippen molar-refractivity contribution in [2.45, 2.75) is 136 Å². The molecule has 2 fully saturated rings. The summed E-state index contributed by atoms with van der Waals surface area (Å²) in [6, 6.07) is -0.265. The molecule has 2 aliphatic heterocycles. The minimum absolute atomic E-state index is 0.206. The molecule has 0 aromatic rings. The van der Waals surface area contributed by atoms with Gasteiger partial charge in [0.05, 0.1) is 12.0 Å². The van der Waals surface area contributed by atoms with Crippen LogP contribution in [0.2, 0.25) is 0 Å². The van der Waals surface area contributed by atoms with Gasteiger partial charge in [0.1, 0.15) is 18.3 Å². The third-order valence-electron chi connectivity index (χ3n) is 7.53. The summed E-state index contributed by atoms with van der Waals surface area (Å²) < 4.78 is 10.7. The van der Waals surface area contributed by atoms with Crippen LogP contribution in [0.5, 0.6) is 0 Å². The maximum absolute atomic E-state index is 12.6. The zero-order valence-corrected chi connectivity index (χ0v) is 23.7. The summed E-state index contributed by atoms with van der Waals surface area (Å²) in [6.45, 7) is 13.7. The van der Waals surface area contributed by atoms with Crippen molar-refractivity contribution in [2.24, 2.45) is 17.8 Å². The molecular formula is C28H53NO7. The topological polar surface area (TPSA) is 117 Å². The summed E-state index contributed by atoms with van der Waals surface area (Å²) in [5.41, 5.74) is -1.25. The van der Waals surface area contributed by atoms with Crippen molar-refractivity contribution in [1.29, 1.82) is 0 Å². The lowest BCUT2D eigenvalue weighted by atomic mass is 9.87. The van der Waals surface area contributed by atoms with Gasteiger partial charge in [-0.2, -0.15) is 0 Å². The van der Waals surface area contributed by atoms with Crippen molar-refractivity contribution in [1.82, 2.24) is 4.90 Å². The first-order valence-electron chi connectivity index (χ1n) is 14.0. The summed E-state index contributed by atoms with van der Waals surface area (Å²) >= 11 is 0. The Hall–Kier alpha value is -1.22. The van der Waals surface area contributed by atoms with Crippen LogP contribution in [0.15, 0.2) is 0 Å². The fraction of sp³-hybridized carbons (Fsp3) is 0.929. The van der Waals surface area contributed by atoms with Crippen molar-refractivity contribution in [3.63, 3.8) is 0 Å². The zero-order chi connectivity index (χ0) is 27.5. The van der Waals surface area contributed by atoms with Gasteiger partial charge in [-0.3, -0.25) is 9.59 Å². The Morgan fingerprint density at radius 1 is 1.06 bits per heavy atom. The summed E-state index contributed by atoms with van der Waals surface area (Å²) in [5, 5.41) is 29.3. The number of ether oxygens (including phenoxy) is 2. The van der Waals surface area contributed by atoms with E-state index in [1.54, 1.807) is 11.8 Å². The van der Waals surface area contributed by atoms with Crippen LogP contribution < -0.4 is 0 Å². The van der Waals surface area contributed by atoms with Gasteiger partial charge in [0.15, 0.2) is 6.29 Å². The molecule has 0 aromatic carbocycles. The molecule has 0 saturated carbocycles. The summed E-state index contributed by atoms with van der Waals surface area (Å²) in [5.74, 6) is 0.0976. The molecule has 2 heterocycles. The predicted octanol–water partition coefficient (Wildman–Crippen LogP) is 4.03. The maximum atomic E-state index is 12.6. The van der Waals surface area contributed by atoms with E-state index in [-0.39, 0.29) is 36.4 Å². The fourth-order valence-corrected chi connectivity index (χ4v) is 5.62. The monoisotopic (exact) mass is 515 g/mol. The Morgan fingerprint density at radius 2 is 1.72 bits per heavy atom. The highest BCUT2D eigenvalue weighted by Gasteiger charge is 2.38. The van der Waals surface area contributed by atoms with E-state index in [9.17, 15) is 19.8 Å². The zero-order valence-electron chi connectivity index (χ0n) is 23.7. The Balaban J connectivity index is 0.000000681. The SMILES string of the molecule is CC1CCCC(O)O1.CCC1OC(=O)C(C)CC(C)CC(C)CCCN(C(=O)CO)[C@H](C)C[C@]1(C)O. The van der Waals surface area contributed by atoms with E-state index in [1.807, 2.05) is 27.7 Å².